The highest BCUT2D eigenvalue weighted by molar-refractivity contribution is 5.76. The molecular formula is C13H25N3O. The lowest BCUT2D eigenvalue weighted by Crippen LogP contribution is -2.37. The van der Waals surface area contributed by atoms with Crippen molar-refractivity contribution < 1.29 is 4.79 Å². The van der Waals surface area contributed by atoms with Crippen molar-refractivity contribution in [2.24, 2.45) is 11.7 Å². The van der Waals surface area contributed by atoms with E-state index >= 15 is 0 Å². The van der Waals surface area contributed by atoms with Gasteiger partial charge in [0.25, 0.3) is 0 Å². The van der Waals surface area contributed by atoms with Gasteiger partial charge in [-0.1, -0.05) is 0 Å². The predicted octanol–water partition coefficient (Wildman–Crippen LogP) is 0.714. The smallest absolute Gasteiger partial charge is 0.220 e. The Labute approximate surface area is 104 Å². The first-order chi connectivity index (χ1) is 8.13. The van der Waals surface area contributed by atoms with E-state index in [0.29, 0.717) is 24.4 Å². The minimum absolute atomic E-state index is 0.235. The van der Waals surface area contributed by atoms with Crippen LogP contribution in [0.5, 0.6) is 0 Å². The predicted molar refractivity (Wildman–Crippen MR) is 68.6 cm³/mol. The van der Waals surface area contributed by atoms with Gasteiger partial charge in [-0.05, 0) is 58.2 Å². The number of hydrogen-bond donors (Lipinski definition) is 2. The van der Waals surface area contributed by atoms with Crippen molar-refractivity contribution in [2.75, 3.05) is 20.1 Å². The lowest BCUT2D eigenvalue weighted by molar-refractivity contribution is -0.123. The first kappa shape index (κ1) is 12.8. The van der Waals surface area contributed by atoms with Gasteiger partial charge in [0.2, 0.25) is 5.91 Å². The molecule has 17 heavy (non-hydrogen) atoms. The Bertz CT molecular complexity index is 261. The van der Waals surface area contributed by atoms with Gasteiger partial charge in [0.15, 0.2) is 0 Å². The van der Waals surface area contributed by atoms with E-state index in [0.717, 1.165) is 45.2 Å². The Morgan fingerprint density at radius 3 is 2.59 bits per heavy atom. The highest BCUT2D eigenvalue weighted by atomic mass is 16.1. The number of nitrogens with one attached hydrogen (secondary N) is 1. The van der Waals surface area contributed by atoms with Gasteiger partial charge in [0.1, 0.15) is 0 Å². The van der Waals surface area contributed by atoms with Gasteiger partial charge in [-0.25, -0.2) is 0 Å². The summed E-state index contributed by atoms with van der Waals surface area (Å²) in [6, 6.07) is 0.632. The number of amides is 1. The van der Waals surface area contributed by atoms with E-state index in [1.807, 2.05) is 0 Å². The fraction of sp³-hybridized carbons (Fsp3) is 0.923. The molecule has 1 saturated heterocycles. The molecule has 2 fully saturated rings. The second-order valence-electron chi connectivity index (χ2n) is 5.79. The molecule has 0 aromatic heterocycles. The van der Waals surface area contributed by atoms with Gasteiger partial charge in [-0.3, -0.25) is 4.79 Å². The van der Waals surface area contributed by atoms with Crippen LogP contribution in [0.2, 0.25) is 0 Å². The Morgan fingerprint density at radius 1 is 1.29 bits per heavy atom. The first-order valence-electron chi connectivity index (χ1n) is 6.87. The molecule has 2 atom stereocenters. The van der Waals surface area contributed by atoms with Crippen LogP contribution in [0.3, 0.4) is 0 Å². The van der Waals surface area contributed by atoms with E-state index in [1.54, 1.807) is 0 Å². The summed E-state index contributed by atoms with van der Waals surface area (Å²) in [5.41, 5.74) is 5.84. The molecular weight excluding hydrogens is 214 g/mol. The maximum absolute atomic E-state index is 11.9. The van der Waals surface area contributed by atoms with E-state index in [2.05, 4.69) is 17.3 Å². The molecule has 2 unspecified atom stereocenters. The topological polar surface area (TPSA) is 58.4 Å². The highest BCUT2D eigenvalue weighted by Gasteiger charge is 2.25. The average molecular weight is 239 g/mol. The van der Waals surface area contributed by atoms with Crippen LogP contribution < -0.4 is 11.1 Å². The van der Waals surface area contributed by atoms with Gasteiger partial charge in [0, 0.05) is 18.5 Å². The first-order valence-corrected chi connectivity index (χ1v) is 6.87. The van der Waals surface area contributed by atoms with Crippen LogP contribution in [-0.2, 0) is 4.79 Å². The van der Waals surface area contributed by atoms with Crippen molar-refractivity contribution >= 4 is 5.91 Å². The normalized spacial score (nSPS) is 31.6. The number of nitrogens with two attached hydrogens (primary N) is 1. The van der Waals surface area contributed by atoms with Crippen LogP contribution >= 0.6 is 0 Å². The van der Waals surface area contributed by atoms with Crippen LogP contribution in [-0.4, -0.2) is 43.0 Å². The summed E-state index contributed by atoms with van der Waals surface area (Å²) in [4.78, 5) is 14.2. The zero-order valence-electron chi connectivity index (χ0n) is 10.8. The summed E-state index contributed by atoms with van der Waals surface area (Å²) >= 11 is 0. The van der Waals surface area contributed by atoms with Gasteiger partial charge >= 0.3 is 0 Å². The Morgan fingerprint density at radius 2 is 2.00 bits per heavy atom. The van der Waals surface area contributed by atoms with E-state index in [1.165, 1.54) is 0 Å². The average Bonchev–Trinajstić information content (AvgIpc) is 2.67. The molecule has 4 nitrogen and oxygen atoms in total. The molecule has 3 N–H and O–H groups in total. The molecule has 0 bridgehead atoms. The zero-order valence-corrected chi connectivity index (χ0v) is 10.8. The lowest BCUT2D eigenvalue weighted by atomic mass is 9.93. The number of likely N-dealkylation sites (tertiary alicyclic amines) is 1. The quantitative estimate of drug-likeness (QED) is 0.763. The van der Waals surface area contributed by atoms with E-state index < -0.39 is 0 Å². The Balaban J connectivity index is 1.67. The molecule has 98 valence electrons. The van der Waals surface area contributed by atoms with Crippen molar-refractivity contribution in [3.8, 4) is 0 Å². The Hall–Kier alpha value is -0.610. The molecule has 1 aliphatic carbocycles. The van der Waals surface area contributed by atoms with E-state index in [4.69, 9.17) is 5.73 Å². The van der Waals surface area contributed by atoms with Crippen LogP contribution in [0.4, 0.5) is 0 Å². The molecule has 0 aromatic rings. The SMILES string of the molecule is CN1CCC(CC(=O)NC2CCC(N)C2)CC1. The number of hydrogen-bond acceptors (Lipinski definition) is 3. The maximum Gasteiger partial charge on any atom is 0.220 e. The standard InChI is InChI=1S/C13H25N3O/c1-16-6-4-10(5-7-16)8-13(17)15-12-3-2-11(14)9-12/h10-12H,2-9,14H2,1H3,(H,15,17). The molecule has 0 aromatic carbocycles. The second kappa shape index (κ2) is 5.83. The molecule has 1 amide bonds. The maximum atomic E-state index is 11.9. The minimum Gasteiger partial charge on any atom is -0.353 e. The number of nitrogens with zero attached hydrogens (tertiary/aromatic N) is 1. The lowest BCUT2D eigenvalue weighted by Gasteiger charge is -2.28. The van der Waals surface area contributed by atoms with Gasteiger partial charge in [-0.2, -0.15) is 0 Å². The minimum atomic E-state index is 0.235. The number of carbonyl (C=O) groups excluding carboxylic acids is 1. The highest BCUT2D eigenvalue weighted by Crippen LogP contribution is 2.21. The fourth-order valence-electron chi connectivity index (χ4n) is 2.96. The summed E-state index contributed by atoms with van der Waals surface area (Å²) in [6.45, 7) is 2.26. The largest absolute Gasteiger partial charge is 0.353 e. The molecule has 0 spiro atoms. The van der Waals surface area contributed by atoms with E-state index in [9.17, 15) is 4.79 Å². The number of carbonyl (C=O) groups is 1. The van der Waals surface area contributed by atoms with Crippen molar-refractivity contribution in [2.45, 2.75) is 50.6 Å². The van der Waals surface area contributed by atoms with Crippen molar-refractivity contribution in [3.05, 3.63) is 0 Å². The Kier molecular flexibility index (Phi) is 4.40. The van der Waals surface area contributed by atoms with Crippen molar-refractivity contribution in [1.82, 2.24) is 10.2 Å². The molecule has 1 heterocycles. The third-order valence-corrected chi connectivity index (χ3v) is 4.15. The third kappa shape index (κ3) is 3.96. The van der Waals surface area contributed by atoms with Gasteiger partial charge in [-0.15, -0.1) is 0 Å². The molecule has 4 heteroatoms. The van der Waals surface area contributed by atoms with Gasteiger partial charge in [0.05, 0.1) is 0 Å². The third-order valence-electron chi connectivity index (χ3n) is 4.15. The second-order valence-corrected chi connectivity index (χ2v) is 5.79. The molecule has 1 aliphatic heterocycles. The van der Waals surface area contributed by atoms with Gasteiger partial charge < -0.3 is 16.0 Å². The number of rotatable bonds is 3. The van der Waals surface area contributed by atoms with Crippen molar-refractivity contribution in [3.63, 3.8) is 0 Å². The van der Waals surface area contributed by atoms with Crippen molar-refractivity contribution in [1.29, 1.82) is 0 Å². The monoisotopic (exact) mass is 239 g/mol. The van der Waals surface area contributed by atoms with Crippen LogP contribution in [0.1, 0.15) is 38.5 Å². The summed E-state index contributed by atoms with van der Waals surface area (Å²) in [6.07, 6.45) is 6.10. The molecule has 1 saturated carbocycles. The molecule has 0 radical (unpaired) electrons. The molecule has 2 rings (SSSR count). The molecule has 2 aliphatic rings. The summed E-state index contributed by atoms with van der Waals surface area (Å²) < 4.78 is 0. The van der Waals surface area contributed by atoms with E-state index in [-0.39, 0.29) is 5.91 Å². The van der Waals surface area contributed by atoms with Crippen LogP contribution in [0, 0.1) is 5.92 Å². The summed E-state index contributed by atoms with van der Waals surface area (Å²) in [5, 5.41) is 3.14. The summed E-state index contributed by atoms with van der Waals surface area (Å²) in [7, 11) is 2.15. The van der Waals surface area contributed by atoms with Crippen LogP contribution in [0.15, 0.2) is 0 Å². The fourth-order valence-corrected chi connectivity index (χ4v) is 2.96. The zero-order chi connectivity index (χ0) is 12.3. The number of piperidine rings is 1. The summed E-state index contributed by atoms with van der Waals surface area (Å²) in [5.74, 6) is 0.819. The van der Waals surface area contributed by atoms with Crippen LogP contribution in [0.25, 0.3) is 0 Å².